The number of Topliss-reactive ketones (excluding diaryl/α,β-unsaturated/α-hetero) is 2. The molecule has 0 radical (unpaired) electrons. The van der Waals surface area contributed by atoms with Crippen molar-refractivity contribution >= 4 is 23.5 Å². The molecular weight excluding hydrogens is 576 g/mol. The van der Waals surface area contributed by atoms with Gasteiger partial charge in [0.1, 0.15) is 13.2 Å². The SMILES string of the molecule is CCCCCCCCCCCCCCCC(=O)OCC(C)(C)C(=O)C(=O)C(C)(C)COC(=O)CCCCCCCCCCCCC. The van der Waals surface area contributed by atoms with E-state index in [1.165, 1.54) is 116 Å². The Hall–Kier alpha value is -1.72. The lowest BCUT2D eigenvalue weighted by Gasteiger charge is -2.28. The lowest BCUT2D eigenvalue weighted by molar-refractivity contribution is -0.158. The molecule has 0 N–H and O–H groups in total. The smallest absolute Gasteiger partial charge is 0.305 e. The van der Waals surface area contributed by atoms with Crippen LogP contribution in [0, 0.1) is 10.8 Å². The quantitative estimate of drug-likeness (QED) is 0.0399. The Morgan fingerprint density at radius 2 is 0.587 bits per heavy atom. The minimum atomic E-state index is -1.14. The second-order valence-electron chi connectivity index (χ2n) is 15.0. The monoisotopic (exact) mass is 651 g/mol. The molecule has 0 amide bonds. The molecule has 0 heterocycles. The summed E-state index contributed by atoms with van der Waals surface area (Å²) in [6.07, 6.45) is 30.1. The van der Waals surface area contributed by atoms with Gasteiger partial charge in [-0.2, -0.15) is 0 Å². The maximum atomic E-state index is 13.1. The summed E-state index contributed by atoms with van der Waals surface area (Å²) in [5.74, 6) is -1.86. The molecule has 0 spiro atoms. The fourth-order valence-corrected chi connectivity index (χ4v) is 5.63. The molecule has 270 valence electrons. The van der Waals surface area contributed by atoms with Crippen LogP contribution in [-0.2, 0) is 28.7 Å². The van der Waals surface area contributed by atoms with Crippen LogP contribution in [0.3, 0.4) is 0 Å². The summed E-state index contributed by atoms with van der Waals surface area (Å²) in [6.45, 7) is 10.7. The average Bonchev–Trinajstić information content (AvgIpc) is 3.03. The first-order valence-corrected chi connectivity index (χ1v) is 19.4. The van der Waals surface area contributed by atoms with Crippen molar-refractivity contribution in [3.05, 3.63) is 0 Å². The van der Waals surface area contributed by atoms with Crippen LogP contribution in [0.5, 0.6) is 0 Å². The summed E-state index contributed by atoms with van der Waals surface area (Å²) in [7, 11) is 0. The van der Waals surface area contributed by atoms with Gasteiger partial charge in [-0.05, 0) is 40.5 Å². The largest absolute Gasteiger partial charge is 0.465 e. The van der Waals surface area contributed by atoms with E-state index < -0.39 is 22.4 Å². The molecule has 0 aliphatic rings. The Bertz CT molecular complexity index is 800. The van der Waals surface area contributed by atoms with Gasteiger partial charge in [-0.3, -0.25) is 19.2 Å². The number of carbonyl (C=O) groups is 4. The summed E-state index contributed by atoms with van der Waals surface area (Å²) in [6, 6.07) is 0. The van der Waals surface area contributed by atoms with E-state index in [9.17, 15) is 19.2 Å². The number of hydrogen-bond acceptors (Lipinski definition) is 6. The zero-order valence-electron chi connectivity index (χ0n) is 31.2. The van der Waals surface area contributed by atoms with Gasteiger partial charge in [0, 0.05) is 12.8 Å². The molecule has 0 aromatic rings. The van der Waals surface area contributed by atoms with Crippen LogP contribution in [0.4, 0.5) is 0 Å². The van der Waals surface area contributed by atoms with Gasteiger partial charge in [0.2, 0.25) is 11.6 Å². The third-order valence-electron chi connectivity index (χ3n) is 9.09. The third kappa shape index (κ3) is 24.5. The molecule has 0 aliphatic heterocycles. The van der Waals surface area contributed by atoms with Gasteiger partial charge in [-0.25, -0.2) is 0 Å². The first kappa shape index (κ1) is 44.3. The van der Waals surface area contributed by atoms with Crippen LogP contribution >= 0.6 is 0 Å². The Balaban J connectivity index is 4.06. The number of rotatable bonds is 33. The number of carbonyl (C=O) groups excluding carboxylic acids is 4. The zero-order chi connectivity index (χ0) is 34.5. The van der Waals surface area contributed by atoms with Gasteiger partial charge in [0.05, 0.1) is 10.8 Å². The van der Waals surface area contributed by atoms with Crippen molar-refractivity contribution in [2.45, 2.75) is 208 Å². The number of esters is 2. The number of ketones is 2. The van der Waals surface area contributed by atoms with Crippen molar-refractivity contribution in [3.8, 4) is 0 Å². The van der Waals surface area contributed by atoms with Gasteiger partial charge in [-0.1, -0.05) is 155 Å². The summed E-state index contributed by atoms with van der Waals surface area (Å²) >= 11 is 0. The Labute approximate surface area is 284 Å². The Morgan fingerprint density at radius 3 is 0.826 bits per heavy atom. The van der Waals surface area contributed by atoms with E-state index in [-0.39, 0.29) is 25.2 Å². The second-order valence-corrected chi connectivity index (χ2v) is 15.0. The fraction of sp³-hybridized carbons (Fsp3) is 0.900. The van der Waals surface area contributed by atoms with Crippen LogP contribution in [0.2, 0.25) is 0 Å². The van der Waals surface area contributed by atoms with Gasteiger partial charge >= 0.3 is 11.9 Å². The molecule has 0 aromatic carbocycles. The van der Waals surface area contributed by atoms with E-state index >= 15 is 0 Å². The first-order valence-electron chi connectivity index (χ1n) is 19.4. The Kier molecular flexibility index (Phi) is 27.2. The van der Waals surface area contributed by atoms with E-state index in [0.29, 0.717) is 12.8 Å². The molecule has 0 rings (SSSR count). The van der Waals surface area contributed by atoms with Gasteiger partial charge in [-0.15, -0.1) is 0 Å². The summed E-state index contributed by atoms with van der Waals surface area (Å²) in [5, 5.41) is 0. The van der Waals surface area contributed by atoms with Gasteiger partial charge in [0.25, 0.3) is 0 Å². The van der Waals surface area contributed by atoms with Gasteiger partial charge < -0.3 is 9.47 Å². The minimum absolute atomic E-state index is 0.135. The number of unbranched alkanes of at least 4 members (excludes halogenated alkanes) is 22. The standard InChI is InChI=1S/C40H74O6/c1-7-9-11-13-15-17-19-20-22-24-26-28-30-32-36(42)46-34-40(5,6)38(44)37(43)39(3,4)33-45-35(41)31-29-27-25-23-21-18-16-14-12-10-8-2/h7-34H2,1-6H3. The van der Waals surface area contributed by atoms with Crippen LogP contribution in [-0.4, -0.2) is 36.7 Å². The van der Waals surface area contributed by atoms with Crippen LogP contribution in [0.15, 0.2) is 0 Å². The highest BCUT2D eigenvalue weighted by atomic mass is 16.5. The third-order valence-corrected chi connectivity index (χ3v) is 9.09. The van der Waals surface area contributed by atoms with Crippen molar-refractivity contribution in [1.29, 1.82) is 0 Å². The van der Waals surface area contributed by atoms with Crippen LogP contribution in [0.25, 0.3) is 0 Å². The van der Waals surface area contributed by atoms with Crippen molar-refractivity contribution in [3.63, 3.8) is 0 Å². The highest BCUT2D eigenvalue weighted by Gasteiger charge is 2.42. The van der Waals surface area contributed by atoms with Crippen LogP contribution < -0.4 is 0 Å². The zero-order valence-corrected chi connectivity index (χ0v) is 31.2. The topological polar surface area (TPSA) is 86.7 Å². The van der Waals surface area contributed by atoms with Crippen molar-refractivity contribution < 1.29 is 28.7 Å². The molecule has 46 heavy (non-hydrogen) atoms. The molecule has 0 atom stereocenters. The van der Waals surface area contributed by atoms with E-state index in [1.54, 1.807) is 27.7 Å². The highest BCUT2D eigenvalue weighted by molar-refractivity contribution is 6.40. The van der Waals surface area contributed by atoms with Crippen molar-refractivity contribution in [2.24, 2.45) is 10.8 Å². The van der Waals surface area contributed by atoms with E-state index in [4.69, 9.17) is 9.47 Å². The summed E-state index contributed by atoms with van der Waals surface area (Å²) in [4.78, 5) is 50.7. The predicted octanol–water partition coefficient (Wildman–Crippen LogP) is 11.4. The molecule has 0 bridgehead atoms. The van der Waals surface area contributed by atoms with E-state index in [0.717, 1.165) is 38.5 Å². The molecule has 6 nitrogen and oxygen atoms in total. The molecule has 0 aromatic heterocycles. The normalized spacial score (nSPS) is 11.9. The van der Waals surface area contributed by atoms with Crippen molar-refractivity contribution in [1.82, 2.24) is 0 Å². The lowest BCUT2D eigenvalue weighted by Crippen LogP contribution is -2.44. The predicted molar refractivity (Wildman–Crippen MR) is 191 cm³/mol. The molecular formula is C40H74O6. The van der Waals surface area contributed by atoms with Crippen LogP contribution in [0.1, 0.15) is 208 Å². The lowest BCUT2D eigenvalue weighted by atomic mass is 9.77. The summed E-state index contributed by atoms with van der Waals surface area (Å²) in [5.41, 5.74) is -2.28. The second kappa shape index (κ2) is 28.3. The molecule has 0 unspecified atom stereocenters. The molecule has 0 aliphatic carbocycles. The first-order chi connectivity index (χ1) is 22.0. The molecule has 0 fully saturated rings. The molecule has 6 heteroatoms. The van der Waals surface area contributed by atoms with Gasteiger partial charge in [0.15, 0.2) is 0 Å². The highest BCUT2D eigenvalue weighted by Crippen LogP contribution is 2.26. The van der Waals surface area contributed by atoms with E-state index in [2.05, 4.69) is 13.8 Å². The van der Waals surface area contributed by atoms with E-state index in [1.807, 2.05) is 0 Å². The summed E-state index contributed by atoms with van der Waals surface area (Å²) < 4.78 is 10.8. The number of hydrogen-bond donors (Lipinski definition) is 0. The molecule has 0 saturated carbocycles. The average molecular weight is 651 g/mol. The maximum absolute atomic E-state index is 13.1. The fourth-order valence-electron chi connectivity index (χ4n) is 5.63. The van der Waals surface area contributed by atoms with Crippen molar-refractivity contribution in [2.75, 3.05) is 13.2 Å². The minimum Gasteiger partial charge on any atom is -0.465 e. The maximum Gasteiger partial charge on any atom is 0.305 e. The number of ether oxygens (including phenoxy) is 2. The Morgan fingerprint density at radius 1 is 0.370 bits per heavy atom. The molecule has 0 saturated heterocycles.